The number of rotatable bonds is 0. The van der Waals surface area contributed by atoms with Crippen LogP contribution in [0.3, 0.4) is 0 Å². The zero-order chi connectivity index (χ0) is 7.05. The highest BCUT2D eigenvalue weighted by molar-refractivity contribution is 5.15. The van der Waals surface area contributed by atoms with Gasteiger partial charge in [-0.1, -0.05) is 0 Å². The van der Waals surface area contributed by atoms with Gasteiger partial charge in [-0.05, 0) is 67.6 Å². The zero-order valence-corrected chi connectivity index (χ0v) is 7.05. The lowest BCUT2D eigenvalue weighted by molar-refractivity contribution is -0.0132. The maximum atomic E-state index is 1.65. The third-order valence-corrected chi connectivity index (χ3v) is 5.49. The van der Waals surface area contributed by atoms with Crippen molar-refractivity contribution in [2.45, 2.75) is 38.5 Å². The Hall–Kier alpha value is 0. The second-order valence-corrected chi connectivity index (χ2v) is 5.67. The first-order chi connectivity index (χ1) is 5.37. The van der Waals surface area contributed by atoms with Gasteiger partial charge >= 0.3 is 0 Å². The van der Waals surface area contributed by atoms with E-state index in [0.29, 0.717) is 0 Å². The summed E-state index contributed by atoms with van der Waals surface area (Å²) in [5, 5.41) is 0. The van der Waals surface area contributed by atoms with Crippen LogP contribution in [0.4, 0.5) is 0 Å². The van der Waals surface area contributed by atoms with E-state index in [2.05, 4.69) is 0 Å². The monoisotopic (exact) mass is 148 g/mol. The van der Waals surface area contributed by atoms with Crippen LogP contribution >= 0.6 is 0 Å². The molecule has 0 heteroatoms. The van der Waals surface area contributed by atoms with Gasteiger partial charge in [-0.15, -0.1) is 0 Å². The third kappa shape index (κ3) is 0.443. The summed E-state index contributed by atoms with van der Waals surface area (Å²) in [6.07, 6.45) is 9.80. The maximum Gasteiger partial charge on any atom is -0.0258 e. The Kier molecular flexibility index (Phi) is 0.717. The molecule has 0 N–H and O–H groups in total. The average Bonchev–Trinajstić information content (AvgIpc) is 2.23. The molecule has 0 radical (unpaired) electrons. The molecule has 11 heavy (non-hydrogen) atoms. The van der Waals surface area contributed by atoms with Crippen molar-refractivity contribution in [3.8, 4) is 0 Å². The summed E-state index contributed by atoms with van der Waals surface area (Å²) in [5.41, 5.74) is 0.955. The standard InChI is InChI=1S/C11H16/c1-2-8-5-11-4-7(1)9(6-11)3-10(8)11/h7-10H,1-6H2. The minimum atomic E-state index is 0.955. The van der Waals surface area contributed by atoms with Crippen LogP contribution < -0.4 is 0 Å². The molecule has 0 heterocycles. The predicted molar refractivity (Wildman–Crippen MR) is 44.1 cm³/mol. The highest BCUT2D eigenvalue weighted by Gasteiger charge is 2.66. The molecule has 60 valence electrons. The molecule has 0 aromatic heterocycles. The van der Waals surface area contributed by atoms with Crippen molar-refractivity contribution in [2.24, 2.45) is 29.1 Å². The summed E-state index contributed by atoms with van der Waals surface area (Å²) in [7, 11) is 0. The average molecular weight is 148 g/mol. The van der Waals surface area contributed by atoms with Crippen LogP contribution in [0.15, 0.2) is 0 Å². The highest BCUT2D eigenvalue weighted by Crippen LogP contribution is 2.75. The smallest absolute Gasteiger partial charge is 0.0258 e. The summed E-state index contributed by atoms with van der Waals surface area (Å²) in [6.45, 7) is 0. The van der Waals surface area contributed by atoms with Crippen LogP contribution in [-0.2, 0) is 0 Å². The zero-order valence-electron chi connectivity index (χ0n) is 7.05. The van der Waals surface area contributed by atoms with Crippen molar-refractivity contribution in [3.63, 3.8) is 0 Å². The highest BCUT2D eigenvalue weighted by atomic mass is 14.7. The Morgan fingerprint density at radius 1 is 0.818 bits per heavy atom. The predicted octanol–water partition coefficient (Wildman–Crippen LogP) is 2.83. The van der Waals surface area contributed by atoms with Gasteiger partial charge in [0.25, 0.3) is 0 Å². The van der Waals surface area contributed by atoms with E-state index in [4.69, 9.17) is 0 Å². The van der Waals surface area contributed by atoms with Gasteiger partial charge < -0.3 is 0 Å². The molecule has 5 bridgehead atoms. The van der Waals surface area contributed by atoms with Gasteiger partial charge in [-0.3, -0.25) is 0 Å². The first-order valence-electron chi connectivity index (χ1n) is 5.37. The molecule has 0 aromatic carbocycles. The minimum Gasteiger partial charge on any atom is -0.0499 e. The van der Waals surface area contributed by atoms with E-state index < -0.39 is 0 Å². The van der Waals surface area contributed by atoms with Crippen LogP contribution in [0.5, 0.6) is 0 Å². The largest absolute Gasteiger partial charge is 0.0499 e. The fourth-order valence-corrected chi connectivity index (χ4v) is 5.20. The van der Waals surface area contributed by atoms with Crippen molar-refractivity contribution in [1.29, 1.82) is 0 Å². The second-order valence-electron chi connectivity index (χ2n) is 5.67. The van der Waals surface area contributed by atoms with E-state index in [1.165, 1.54) is 23.7 Å². The van der Waals surface area contributed by atoms with E-state index in [1.807, 2.05) is 0 Å². The molecule has 6 aliphatic carbocycles. The van der Waals surface area contributed by atoms with E-state index >= 15 is 0 Å². The van der Waals surface area contributed by atoms with Gasteiger partial charge in [0.15, 0.2) is 0 Å². The number of hydrogen-bond donors (Lipinski definition) is 0. The summed E-state index contributed by atoms with van der Waals surface area (Å²) >= 11 is 0. The molecule has 0 aliphatic heterocycles. The van der Waals surface area contributed by atoms with Crippen molar-refractivity contribution in [1.82, 2.24) is 0 Å². The van der Waals surface area contributed by atoms with E-state index in [9.17, 15) is 0 Å². The quantitative estimate of drug-likeness (QED) is 0.495. The fraction of sp³-hybridized carbons (Fsp3) is 1.00. The Bertz CT molecular complexity index is 220. The Morgan fingerprint density at radius 2 is 1.55 bits per heavy atom. The molecule has 0 saturated heterocycles. The van der Waals surface area contributed by atoms with Crippen LogP contribution in [0.1, 0.15) is 38.5 Å². The first-order valence-corrected chi connectivity index (χ1v) is 5.37. The van der Waals surface area contributed by atoms with Gasteiger partial charge in [0.05, 0.1) is 0 Å². The third-order valence-electron chi connectivity index (χ3n) is 5.49. The fourth-order valence-electron chi connectivity index (χ4n) is 5.20. The lowest BCUT2D eigenvalue weighted by Gasteiger charge is -2.50. The van der Waals surface area contributed by atoms with Crippen molar-refractivity contribution in [2.75, 3.05) is 0 Å². The molecule has 0 nitrogen and oxygen atoms in total. The molecule has 6 aliphatic rings. The van der Waals surface area contributed by atoms with E-state index in [-0.39, 0.29) is 0 Å². The molecule has 6 rings (SSSR count). The molecular weight excluding hydrogens is 132 g/mol. The van der Waals surface area contributed by atoms with Crippen LogP contribution in [0, 0.1) is 29.1 Å². The molecule has 6 saturated carbocycles. The molecule has 1 spiro atoms. The second kappa shape index (κ2) is 1.41. The summed E-state index contributed by atoms with van der Waals surface area (Å²) < 4.78 is 0. The topological polar surface area (TPSA) is 0 Å². The Morgan fingerprint density at radius 3 is 2.45 bits per heavy atom. The van der Waals surface area contributed by atoms with Crippen molar-refractivity contribution in [3.05, 3.63) is 0 Å². The summed E-state index contributed by atoms with van der Waals surface area (Å²) in [6, 6.07) is 0. The van der Waals surface area contributed by atoms with Crippen LogP contribution in [0.25, 0.3) is 0 Å². The summed E-state index contributed by atoms with van der Waals surface area (Å²) in [4.78, 5) is 0. The molecule has 0 aromatic rings. The van der Waals surface area contributed by atoms with Gasteiger partial charge in [0.2, 0.25) is 0 Å². The molecular formula is C11H16. The molecule has 5 unspecified atom stereocenters. The normalized spacial score (nSPS) is 69.8. The van der Waals surface area contributed by atoms with Crippen molar-refractivity contribution >= 4 is 0 Å². The Balaban J connectivity index is 1.90. The summed E-state index contributed by atoms with van der Waals surface area (Å²) in [5.74, 6) is 4.82. The molecule has 0 amide bonds. The SMILES string of the molecule is C1CC2CC34CC1C(CC23)C4. The van der Waals surface area contributed by atoms with Crippen molar-refractivity contribution < 1.29 is 0 Å². The minimum absolute atomic E-state index is 0.955. The van der Waals surface area contributed by atoms with Gasteiger partial charge in [-0.25, -0.2) is 0 Å². The first kappa shape index (κ1) is 5.61. The van der Waals surface area contributed by atoms with E-state index in [1.54, 1.807) is 38.5 Å². The van der Waals surface area contributed by atoms with Crippen LogP contribution in [0.2, 0.25) is 0 Å². The number of hydrogen-bond acceptors (Lipinski definition) is 0. The molecule has 5 atom stereocenters. The van der Waals surface area contributed by atoms with Gasteiger partial charge in [0, 0.05) is 0 Å². The molecule has 6 fully saturated rings. The van der Waals surface area contributed by atoms with Crippen LogP contribution in [-0.4, -0.2) is 0 Å². The van der Waals surface area contributed by atoms with E-state index in [0.717, 1.165) is 5.41 Å². The van der Waals surface area contributed by atoms with Gasteiger partial charge in [0.1, 0.15) is 0 Å². The lowest BCUT2D eigenvalue weighted by Crippen LogP contribution is -2.42. The maximum absolute atomic E-state index is 1.65. The lowest BCUT2D eigenvalue weighted by atomic mass is 9.54. The Labute approximate surface area is 68.4 Å². The van der Waals surface area contributed by atoms with Gasteiger partial charge in [-0.2, -0.15) is 0 Å².